The standard InChI is InChI=1S/C15H19ClN4/c1-10-18-19-15(11-7-8-14(17)13(16)9-11)20(10)12-5-3-2-4-6-12/h7-9,12H,2-6,17H2,1H3. The fourth-order valence-corrected chi connectivity index (χ4v) is 3.19. The molecule has 2 N–H and O–H groups in total. The summed E-state index contributed by atoms with van der Waals surface area (Å²) in [6.45, 7) is 2.02. The summed E-state index contributed by atoms with van der Waals surface area (Å²) in [5.41, 5.74) is 7.35. The molecule has 4 nitrogen and oxygen atoms in total. The monoisotopic (exact) mass is 290 g/mol. The molecule has 3 rings (SSSR count). The normalized spacial score (nSPS) is 16.5. The summed E-state index contributed by atoms with van der Waals surface area (Å²) >= 11 is 6.13. The SMILES string of the molecule is Cc1nnc(-c2ccc(N)c(Cl)c2)n1C1CCCCC1. The highest BCUT2D eigenvalue weighted by atomic mass is 35.5. The minimum Gasteiger partial charge on any atom is -0.398 e. The second kappa shape index (κ2) is 5.44. The molecule has 0 bridgehead atoms. The third-order valence-electron chi connectivity index (χ3n) is 4.06. The van der Waals surface area contributed by atoms with Crippen LogP contribution in [0.2, 0.25) is 5.02 Å². The van der Waals surface area contributed by atoms with E-state index in [1.807, 2.05) is 25.1 Å². The van der Waals surface area contributed by atoms with Gasteiger partial charge in [0.25, 0.3) is 0 Å². The van der Waals surface area contributed by atoms with E-state index in [9.17, 15) is 0 Å². The smallest absolute Gasteiger partial charge is 0.164 e. The van der Waals surface area contributed by atoms with Gasteiger partial charge in [0.2, 0.25) is 0 Å². The number of hydrogen-bond acceptors (Lipinski definition) is 3. The van der Waals surface area contributed by atoms with Crippen LogP contribution in [0.3, 0.4) is 0 Å². The molecule has 1 aromatic heterocycles. The van der Waals surface area contributed by atoms with Crippen molar-refractivity contribution in [2.45, 2.75) is 45.1 Å². The van der Waals surface area contributed by atoms with Crippen LogP contribution in [0.15, 0.2) is 18.2 Å². The lowest BCUT2D eigenvalue weighted by Gasteiger charge is -2.25. The molecule has 0 unspecified atom stereocenters. The third kappa shape index (κ3) is 2.40. The van der Waals surface area contributed by atoms with E-state index >= 15 is 0 Å². The Labute approximate surface area is 124 Å². The largest absolute Gasteiger partial charge is 0.398 e. The van der Waals surface area contributed by atoms with Crippen LogP contribution in [0, 0.1) is 6.92 Å². The Morgan fingerprint density at radius 3 is 2.65 bits per heavy atom. The van der Waals surface area contributed by atoms with Gasteiger partial charge in [-0.3, -0.25) is 0 Å². The zero-order valence-corrected chi connectivity index (χ0v) is 12.4. The second-order valence-corrected chi connectivity index (χ2v) is 5.88. The quantitative estimate of drug-likeness (QED) is 0.851. The van der Waals surface area contributed by atoms with Gasteiger partial charge in [-0.15, -0.1) is 10.2 Å². The number of aryl methyl sites for hydroxylation is 1. The Morgan fingerprint density at radius 1 is 1.20 bits per heavy atom. The highest BCUT2D eigenvalue weighted by Crippen LogP contribution is 2.34. The summed E-state index contributed by atoms with van der Waals surface area (Å²) in [4.78, 5) is 0. The Kier molecular flexibility index (Phi) is 3.66. The molecule has 20 heavy (non-hydrogen) atoms. The van der Waals surface area contributed by atoms with Crippen molar-refractivity contribution < 1.29 is 0 Å². The maximum absolute atomic E-state index is 6.13. The maximum Gasteiger partial charge on any atom is 0.164 e. The van der Waals surface area contributed by atoms with Crippen molar-refractivity contribution in [3.8, 4) is 11.4 Å². The molecule has 1 fully saturated rings. The van der Waals surface area contributed by atoms with Crippen molar-refractivity contribution in [2.75, 3.05) is 5.73 Å². The van der Waals surface area contributed by atoms with Crippen molar-refractivity contribution in [3.05, 3.63) is 29.0 Å². The molecule has 1 aliphatic rings. The molecule has 0 radical (unpaired) electrons. The van der Waals surface area contributed by atoms with Crippen molar-refractivity contribution >= 4 is 17.3 Å². The number of aromatic nitrogens is 3. The average Bonchev–Trinajstić information content (AvgIpc) is 2.85. The van der Waals surface area contributed by atoms with Gasteiger partial charge in [0.1, 0.15) is 5.82 Å². The van der Waals surface area contributed by atoms with Gasteiger partial charge in [-0.1, -0.05) is 30.9 Å². The molecule has 2 aromatic rings. The number of anilines is 1. The molecular weight excluding hydrogens is 272 g/mol. The van der Waals surface area contributed by atoms with Crippen molar-refractivity contribution in [3.63, 3.8) is 0 Å². The molecule has 106 valence electrons. The number of nitrogen functional groups attached to an aromatic ring is 1. The number of nitrogens with two attached hydrogens (primary N) is 1. The second-order valence-electron chi connectivity index (χ2n) is 5.47. The molecular formula is C15H19ClN4. The zero-order chi connectivity index (χ0) is 14.1. The predicted octanol–water partition coefficient (Wildman–Crippen LogP) is 3.99. The van der Waals surface area contributed by atoms with Crippen molar-refractivity contribution in [2.24, 2.45) is 0 Å². The highest BCUT2D eigenvalue weighted by molar-refractivity contribution is 6.33. The Morgan fingerprint density at radius 2 is 1.95 bits per heavy atom. The summed E-state index contributed by atoms with van der Waals surface area (Å²) in [5.74, 6) is 1.87. The Bertz CT molecular complexity index is 614. The average molecular weight is 291 g/mol. The van der Waals surface area contributed by atoms with Gasteiger partial charge in [-0.05, 0) is 38.0 Å². The molecule has 0 spiro atoms. The molecule has 0 atom stereocenters. The van der Waals surface area contributed by atoms with E-state index in [2.05, 4.69) is 14.8 Å². The lowest BCUT2D eigenvalue weighted by molar-refractivity contribution is 0.350. The summed E-state index contributed by atoms with van der Waals surface area (Å²) in [5, 5.41) is 9.17. The molecule has 0 saturated heterocycles. The first kappa shape index (κ1) is 13.4. The Hall–Kier alpha value is -1.55. The summed E-state index contributed by atoms with van der Waals surface area (Å²) in [6.07, 6.45) is 6.30. The van der Waals surface area contributed by atoms with Crippen LogP contribution in [-0.4, -0.2) is 14.8 Å². The van der Waals surface area contributed by atoms with Gasteiger partial charge in [0.05, 0.1) is 10.7 Å². The van der Waals surface area contributed by atoms with E-state index in [-0.39, 0.29) is 0 Å². The fraction of sp³-hybridized carbons (Fsp3) is 0.467. The highest BCUT2D eigenvalue weighted by Gasteiger charge is 2.22. The predicted molar refractivity (Wildman–Crippen MR) is 81.7 cm³/mol. The van der Waals surface area contributed by atoms with Crippen LogP contribution in [-0.2, 0) is 0 Å². The third-order valence-corrected chi connectivity index (χ3v) is 4.39. The first-order valence-electron chi connectivity index (χ1n) is 7.13. The van der Waals surface area contributed by atoms with E-state index in [1.165, 1.54) is 32.1 Å². The lowest BCUT2D eigenvalue weighted by atomic mass is 9.95. The first-order chi connectivity index (χ1) is 9.66. The van der Waals surface area contributed by atoms with E-state index in [1.54, 1.807) is 0 Å². The van der Waals surface area contributed by atoms with Crippen LogP contribution in [0.1, 0.15) is 44.0 Å². The minimum absolute atomic E-state index is 0.505. The van der Waals surface area contributed by atoms with Gasteiger partial charge in [-0.2, -0.15) is 0 Å². The van der Waals surface area contributed by atoms with Gasteiger partial charge < -0.3 is 10.3 Å². The summed E-state index contributed by atoms with van der Waals surface area (Å²) in [6, 6.07) is 6.17. The Balaban J connectivity index is 2.03. The molecule has 5 heteroatoms. The van der Waals surface area contributed by atoms with Crippen LogP contribution < -0.4 is 5.73 Å². The van der Waals surface area contributed by atoms with Gasteiger partial charge in [0.15, 0.2) is 5.82 Å². The van der Waals surface area contributed by atoms with E-state index in [4.69, 9.17) is 17.3 Å². The van der Waals surface area contributed by atoms with Crippen molar-refractivity contribution in [1.29, 1.82) is 0 Å². The van der Waals surface area contributed by atoms with E-state index < -0.39 is 0 Å². The van der Waals surface area contributed by atoms with E-state index in [0.29, 0.717) is 16.8 Å². The summed E-state index contributed by atoms with van der Waals surface area (Å²) < 4.78 is 2.26. The topological polar surface area (TPSA) is 56.7 Å². The molecule has 0 aliphatic heterocycles. The molecule has 1 aromatic carbocycles. The minimum atomic E-state index is 0.505. The number of halogens is 1. The van der Waals surface area contributed by atoms with Crippen LogP contribution in [0.5, 0.6) is 0 Å². The number of hydrogen-bond donors (Lipinski definition) is 1. The number of benzene rings is 1. The summed E-state index contributed by atoms with van der Waals surface area (Å²) in [7, 11) is 0. The van der Waals surface area contributed by atoms with Crippen molar-refractivity contribution in [1.82, 2.24) is 14.8 Å². The molecule has 1 aliphatic carbocycles. The zero-order valence-electron chi connectivity index (χ0n) is 11.6. The first-order valence-corrected chi connectivity index (χ1v) is 7.51. The van der Waals surface area contributed by atoms with Crippen LogP contribution in [0.4, 0.5) is 5.69 Å². The fourth-order valence-electron chi connectivity index (χ4n) is 3.01. The van der Waals surface area contributed by atoms with E-state index in [0.717, 1.165) is 17.2 Å². The number of nitrogens with zero attached hydrogens (tertiary/aromatic N) is 3. The molecule has 1 heterocycles. The van der Waals surface area contributed by atoms with Gasteiger partial charge in [-0.25, -0.2) is 0 Å². The van der Waals surface area contributed by atoms with Gasteiger partial charge in [0, 0.05) is 11.6 Å². The van der Waals surface area contributed by atoms with Crippen LogP contribution in [0.25, 0.3) is 11.4 Å². The number of rotatable bonds is 2. The van der Waals surface area contributed by atoms with Crippen LogP contribution >= 0.6 is 11.6 Å². The maximum atomic E-state index is 6.13. The molecule has 1 saturated carbocycles. The lowest BCUT2D eigenvalue weighted by Crippen LogP contribution is -2.15. The molecule has 0 amide bonds. The van der Waals surface area contributed by atoms with Gasteiger partial charge >= 0.3 is 0 Å².